The first-order chi connectivity index (χ1) is 10.1. The van der Waals surface area contributed by atoms with Gasteiger partial charge in [0.05, 0.1) is 6.04 Å². The number of aromatic nitrogens is 2. The number of rotatable bonds is 4. The van der Waals surface area contributed by atoms with Gasteiger partial charge in [-0.1, -0.05) is 5.16 Å². The fourth-order valence-electron chi connectivity index (χ4n) is 2.63. The summed E-state index contributed by atoms with van der Waals surface area (Å²) in [5.74, 6) is 1.31. The van der Waals surface area contributed by atoms with Gasteiger partial charge in [-0.15, -0.1) is 0 Å². The summed E-state index contributed by atoms with van der Waals surface area (Å²) in [6.07, 6.45) is 0. The lowest BCUT2D eigenvalue weighted by Gasteiger charge is -2.38. The van der Waals surface area contributed by atoms with Gasteiger partial charge in [-0.05, 0) is 27.7 Å². The van der Waals surface area contributed by atoms with Crippen LogP contribution in [0.25, 0.3) is 0 Å². The molecule has 2 amide bonds. The molecule has 0 bridgehead atoms. The van der Waals surface area contributed by atoms with Gasteiger partial charge in [0, 0.05) is 39.3 Å². The molecule has 1 aromatic rings. The zero-order valence-electron chi connectivity index (χ0n) is 13.4. The van der Waals surface area contributed by atoms with Crippen molar-refractivity contribution in [3.05, 3.63) is 11.7 Å². The normalized spacial score (nSPS) is 17.8. The molecule has 0 spiro atoms. The summed E-state index contributed by atoms with van der Waals surface area (Å²) < 4.78 is 5.24. The fraction of sp³-hybridized carbons (Fsp3) is 0.786. The van der Waals surface area contributed by atoms with Crippen molar-refractivity contribution in [3.8, 4) is 0 Å². The molecule has 0 aromatic carbocycles. The Morgan fingerprint density at radius 3 is 2.38 bits per heavy atom. The number of piperazine rings is 1. The molecule has 0 N–H and O–H groups in total. The van der Waals surface area contributed by atoms with Crippen LogP contribution < -0.4 is 0 Å². The first kappa shape index (κ1) is 15.8. The molecule has 1 saturated heterocycles. The monoisotopic (exact) mass is 295 g/mol. The highest BCUT2D eigenvalue weighted by Crippen LogP contribution is 2.20. The Labute approximate surface area is 125 Å². The summed E-state index contributed by atoms with van der Waals surface area (Å²) in [6.45, 7) is 12.6. The van der Waals surface area contributed by atoms with Crippen molar-refractivity contribution in [2.45, 2.75) is 33.7 Å². The van der Waals surface area contributed by atoms with E-state index in [0.717, 1.165) is 39.3 Å². The number of amides is 2. The van der Waals surface area contributed by atoms with Crippen molar-refractivity contribution in [1.29, 1.82) is 0 Å². The van der Waals surface area contributed by atoms with Crippen LogP contribution in [0.4, 0.5) is 4.79 Å². The zero-order chi connectivity index (χ0) is 15.4. The van der Waals surface area contributed by atoms with E-state index in [2.05, 4.69) is 22.0 Å². The lowest BCUT2D eigenvalue weighted by atomic mass is 10.2. The van der Waals surface area contributed by atoms with Crippen LogP contribution in [0.3, 0.4) is 0 Å². The van der Waals surface area contributed by atoms with Gasteiger partial charge in [0.2, 0.25) is 5.89 Å². The molecule has 1 aliphatic rings. The summed E-state index contributed by atoms with van der Waals surface area (Å²) in [5.41, 5.74) is 0. The molecule has 0 aliphatic carbocycles. The van der Waals surface area contributed by atoms with Crippen molar-refractivity contribution in [3.63, 3.8) is 0 Å². The summed E-state index contributed by atoms with van der Waals surface area (Å²) in [5, 5.41) is 3.84. The molecule has 1 aliphatic heterocycles. The van der Waals surface area contributed by atoms with Crippen molar-refractivity contribution in [2.75, 3.05) is 39.3 Å². The van der Waals surface area contributed by atoms with Gasteiger partial charge in [0.1, 0.15) is 0 Å². The van der Waals surface area contributed by atoms with E-state index in [-0.39, 0.29) is 12.1 Å². The van der Waals surface area contributed by atoms with E-state index in [1.165, 1.54) is 0 Å². The second-order valence-electron chi connectivity index (χ2n) is 5.33. The van der Waals surface area contributed by atoms with Crippen molar-refractivity contribution in [2.24, 2.45) is 0 Å². The van der Waals surface area contributed by atoms with Gasteiger partial charge in [0.25, 0.3) is 0 Å². The third-order valence-electron chi connectivity index (χ3n) is 4.07. The Hall–Kier alpha value is -1.63. The smallest absolute Gasteiger partial charge is 0.320 e. The van der Waals surface area contributed by atoms with E-state index >= 15 is 0 Å². The minimum absolute atomic E-state index is 0.0944. The molecule has 2 heterocycles. The molecular weight excluding hydrogens is 270 g/mol. The van der Waals surface area contributed by atoms with Crippen LogP contribution in [0.1, 0.15) is 38.5 Å². The second-order valence-corrected chi connectivity index (χ2v) is 5.33. The predicted octanol–water partition coefficient (Wildman–Crippen LogP) is 1.52. The van der Waals surface area contributed by atoms with Crippen LogP contribution in [0.2, 0.25) is 0 Å². The van der Waals surface area contributed by atoms with E-state index in [4.69, 9.17) is 4.52 Å². The number of nitrogens with zero attached hydrogens (tertiary/aromatic N) is 5. The predicted molar refractivity (Wildman–Crippen MR) is 78.9 cm³/mol. The van der Waals surface area contributed by atoms with E-state index in [1.807, 2.05) is 30.6 Å². The van der Waals surface area contributed by atoms with Crippen molar-refractivity contribution in [1.82, 2.24) is 24.8 Å². The van der Waals surface area contributed by atoms with Crippen LogP contribution in [-0.2, 0) is 0 Å². The third-order valence-corrected chi connectivity index (χ3v) is 4.07. The first-order valence-electron chi connectivity index (χ1n) is 7.64. The molecule has 7 nitrogen and oxygen atoms in total. The Morgan fingerprint density at radius 1 is 1.29 bits per heavy atom. The average molecular weight is 295 g/mol. The van der Waals surface area contributed by atoms with Crippen LogP contribution in [0.15, 0.2) is 4.52 Å². The van der Waals surface area contributed by atoms with E-state index in [0.29, 0.717) is 11.7 Å². The maximum atomic E-state index is 12.3. The number of hydrogen-bond acceptors (Lipinski definition) is 5. The highest BCUT2D eigenvalue weighted by molar-refractivity contribution is 5.74. The molecule has 1 fully saturated rings. The van der Waals surface area contributed by atoms with Gasteiger partial charge in [-0.3, -0.25) is 4.90 Å². The number of carbonyl (C=O) groups excluding carboxylic acids is 1. The Morgan fingerprint density at radius 2 is 1.90 bits per heavy atom. The summed E-state index contributed by atoms with van der Waals surface area (Å²) in [7, 11) is 0. The summed E-state index contributed by atoms with van der Waals surface area (Å²) >= 11 is 0. The molecular formula is C14H25N5O2. The van der Waals surface area contributed by atoms with Crippen LogP contribution in [0, 0.1) is 6.92 Å². The zero-order valence-corrected chi connectivity index (χ0v) is 13.4. The highest BCUT2D eigenvalue weighted by Gasteiger charge is 2.28. The summed E-state index contributed by atoms with van der Waals surface area (Å²) in [4.78, 5) is 22.7. The van der Waals surface area contributed by atoms with Crippen LogP contribution >= 0.6 is 0 Å². The number of hydrogen-bond donors (Lipinski definition) is 0. The SMILES string of the molecule is CCN(CC)C(=O)N1CCN([C@H](C)c2nc(C)no2)CC1. The highest BCUT2D eigenvalue weighted by atomic mass is 16.5. The van der Waals surface area contributed by atoms with Crippen molar-refractivity contribution >= 4 is 6.03 Å². The molecule has 1 aromatic heterocycles. The Bertz CT molecular complexity index is 464. The molecule has 2 rings (SSSR count). The van der Waals surface area contributed by atoms with Gasteiger partial charge in [0.15, 0.2) is 5.82 Å². The third kappa shape index (κ3) is 3.53. The maximum Gasteiger partial charge on any atom is 0.320 e. The quantitative estimate of drug-likeness (QED) is 0.842. The van der Waals surface area contributed by atoms with Crippen molar-refractivity contribution < 1.29 is 9.32 Å². The Kier molecular flexibility index (Phi) is 5.17. The van der Waals surface area contributed by atoms with E-state index in [9.17, 15) is 4.79 Å². The van der Waals surface area contributed by atoms with Crippen LogP contribution in [-0.4, -0.2) is 70.1 Å². The van der Waals surface area contributed by atoms with Gasteiger partial charge >= 0.3 is 6.03 Å². The first-order valence-corrected chi connectivity index (χ1v) is 7.64. The lowest BCUT2D eigenvalue weighted by Crippen LogP contribution is -2.53. The molecule has 7 heteroatoms. The lowest BCUT2D eigenvalue weighted by molar-refractivity contribution is 0.0866. The van der Waals surface area contributed by atoms with Gasteiger partial charge in [-0.25, -0.2) is 4.79 Å². The minimum Gasteiger partial charge on any atom is -0.338 e. The maximum absolute atomic E-state index is 12.3. The molecule has 0 saturated carbocycles. The molecule has 21 heavy (non-hydrogen) atoms. The molecule has 0 radical (unpaired) electrons. The minimum atomic E-state index is 0.0944. The largest absolute Gasteiger partial charge is 0.338 e. The number of aryl methyl sites for hydroxylation is 1. The summed E-state index contributed by atoms with van der Waals surface area (Å²) in [6, 6.07) is 0.234. The van der Waals surface area contributed by atoms with Gasteiger partial charge in [-0.2, -0.15) is 4.98 Å². The van der Waals surface area contributed by atoms with Crippen LogP contribution in [0.5, 0.6) is 0 Å². The number of carbonyl (C=O) groups is 1. The Balaban J connectivity index is 1.89. The van der Waals surface area contributed by atoms with E-state index in [1.54, 1.807) is 0 Å². The standard InChI is InChI=1S/C14H25N5O2/c1-5-17(6-2)14(20)19-9-7-18(8-10-19)11(3)13-15-12(4)16-21-13/h11H,5-10H2,1-4H3/t11-/m1/s1. The molecule has 0 unspecified atom stereocenters. The second kappa shape index (κ2) is 6.89. The fourth-order valence-corrected chi connectivity index (χ4v) is 2.63. The van der Waals surface area contributed by atoms with Gasteiger partial charge < -0.3 is 14.3 Å². The molecule has 118 valence electrons. The number of urea groups is 1. The average Bonchev–Trinajstić information content (AvgIpc) is 2.94. The van der Waals surface area contributed by atoms with E-state index < -0.39 is 0 Å². The topological polar surface area (TPSA) is 65.7 Å². The molecule has 1 atom stereocenters.